The largest absolute Gasteiger partial charge is 0.543 e. The number of thioether (sulfide) groups is 1. The topological polar surface area (TPSA) is 180 Å². The van der Waals surface area contributed by atoms with Gasteiger partial charge in [-0.25, -0.2) is 9.59 Å². The number of carbonyl (C=O) groups is 4. The molecule has 3 saturated heterocycles. The van der Waals surface area contributed by atoms with E-state index < -0.39 is 35.2 Å². The number of β-lactam (4-membered cyclic amide) rings is 1. The molecule has 0 aromatic carbocycles. The molecule has 3 atom stereocenters. The third-order valence-electron chi connectivity index (χ3n) is 6.76. The van der Waals surface area contributed by atoms with Crippen molar-refractivity contribution in [1.82, 2.24) is 14.7 Å². The SMILES string of the molecule is Cc1oc(=O)oc1COC(=O)N1CC[C@@H](N2CC/C(=C\C3=C(C(=O)[O-])N4C(=O)[C@@H](N)C4SC3)C2=O)C1. The van der Waals surface area contributed by atoms with Gasteiger partial charge in [-0.05, 0) is 31.4 Å². The maximum atomic E-state index is 13.1. The zero-order valence-electron chi connectivity index (χ0n) is 19.3. The van der Waals surface area contributed by atoms with Crippen LogP contribution in [0.2, 0.25) is 0 Å². The van der Waals surface area contributed by atoms with Gasteiger partial charge in [0.25, 0.3) is 0 Å². The number of ether oxygens (including phenoxy) is 1. The van der Waals surface area contributed by atoms with Crippen molar-refractivity contribution in [3.63, 3.8) is 0 Å². The van der Waals surface area contributed by atoms with E-state index in [9.17, 15) is 29.1 Å². The number of fused-ring (bicyclic) bond motifs is 1. The highest BCUT2D eigenvalue weighted by Gasteiger charge is 2.50. The van der Waals surface area contributed by atoms with E-state index in [1.165, 1.54) is 29.7 Å². The number of amides is 3. The Morgan fingerprint density at radius 2 is 2.03 bits per heavy atom. The molecule has 5 heterocycles. The number of hydrogen-bond donors (Lipinski definition) is 1. The van der Waals surface area contributed by atoms with Crippen LogP contribution in [0.25, 0.3) is 0 Å². The number of carboxylic acids is 1. The van der Waals surface area contributed by atoms with Gasteiger partial charge in [0.15, 0.2) is 18.1 Å². The molecule has 14 heteroatoms. The smallest absolute Gasteiger partial charge is 0.519 e. The minimum Gasteiger partial charge on any atom is -0.543 e. The second-order valence-corrected chi connectivity index (χ2v) is 10.00. The monoisotopic (exact) mass is 519 g/mol. The zero-order valence-corrected chi connectivity index (χ0v) is 20.1. The normalized spacial score (nSPS) is 27.1. The maximum Gasteiger partial charge on any atom is 0.519 e. The molecule has 0 saturated carbocycles. The lowest BCUT2D eigenvalue weighted by Gasteiger charge is -2.49. The van der Waals surface area contributed by atoms with Gasteiger partial charge in [-0.1, -0.05) is 0 Å². The molecule has 1 unspecified atom stereocenters. The van der Waals surface area contributed by atoms with Crippen LogP contribution in [0.15, 0.2) is 36.5 Å². The second kappa shape index (κ2) is 9.17. The Bertz CT molecular complexity index is 1260. The number of hydrogen-bond acceptors (Lipinski definition) is 11. The van der Waals surface area contributed by atoms with Crippen LogP contribution in [0.1, 0.15) is 24.4 Å². The number of carbonyl (C=O) groups excluding carboxylic acids is 4. The summed E-state index contributed by atoms with van der Waals surface area (Å²) in [6.45, 7) is 2.37. The molecule has 2 N–H and O–H groups in total. The van der Waals surface area contributed by atoms with Crippen molar-refractivity contribution in [3.8, 4) is 0 Å². The predicted octanol–water partition coefficient (Wildman–Crippen LogP) is -1.34. The molecule has 1 aromatic heterocycles. The first-order chi connectivity index (χ1) is 17.2. The molecule has 0 spiro atoms. The molecule has 4 aliphatic heterocycles. The van der Waals surface area contributed by atoms with Crippen LogP contribution < -0.4 is 16.7 Å². The van der Waals surface area contributed by atoms with E-state index in [1.807, 2.05) is 0 Å². The van der Waals surface area contributed by atoms with Gasteiger partial charge < -0.3 is 39.0 Å². The standard InChI is InChI=1S/C22H24N4O9S/c1-10-14(35-22(32)34-10)8-33-21(31)24-4-3-13(7-24)25-5-2-11(17(25)27)6-12-9-36-19-15(23)18(28)26(19)16(12)20(29)30/h6,13,15,19H,2-5,7-9,23H2,1H3,(H,29,30)/p-1/b11-6+/t13-,15-,19?/m1/s1. The Morgan fingerprint density at radius 3 is 2.72 bits per heavy atom. The van der Waals surface area contributed by atoms with E-state index in [2.05, 4.69) is 0 Å². The van der Waals surface area contributed by atoms with E-state index in [0.29, 0.717) is 42.8 Å². The van der Waals surface area contributed by atoms with Crippen molar-refractivity contribution in [3.05, 3.63) is 45.1 Å². The molecule has 0 aliphatic carbocycles. The van der Waals surface area contributed by atoms with E-state index in [1.54, 1.807) is 4.90 Å². The summed E-state index contributed by atoms with van der Waals surface area (Å²) in [6.07, 6.45) is 1.90. The molecule has 4 aliphatic rings. The van der Waals surface area contributed by atoms with Crippen molar-refractivity contribution in [2.24, 2.45) is 5.73 Å². The van der Waals surface area contributed by atoms with Crippen LogP contribution in [0.5, 0.6) is 0 Å². The number of likely N-dealkylation sites (tertiary alicyclic amines) is 2. The quantitative estimate of drug-likeness (QED) is 0.359. The van der Waals surface area contributed by atoms with Gasteiger partial charge in [0, 0.05) is 31.0 Å². The third-order valence-corrected chi connectivity index (χ3v) is 8.09. The van der Waals surface area contributed by atoms with Crippen LogP contribution >= 0.6 is 11.8 Å². The second-order valence-electron chi connectivity index (χ2n) is 8.89. The Kier molecular flexibility index (Phi) is 6.16. The van der Waals surface area contributed by atoms with Gasteiger partial charge in [-0.3, -0.25) is 14.5 Å². The fourth-order valence-corrected chi connectivity index (χ4v) is 6.11. The lowest BCUT2D eigenvalue weighted by molar-refractivity contribution is -0.301. The fraction of sp³-hybridized carbons (Fsp3) is 0.500. The summed E-state index contributed by atoms with van der Waals surface area (Å²) in [6, 6.07) is -0.972. The van der Waals surface area contributed by atoms with Gasteiger partial charge >= 0.3 is 11.9 Å². The lowest BCUT2D eigenvalue weighted by atomic mass is 10.0. The molecular formula is C22H23N4O9S-. The van der Waals surface area contributed by atoms with Gasteiger partial charge in [0.2, 0.25) is 11.8 Å². The average molecular weight is 520 g/mol. The number of rotatable bonds is 5. The van der Waals surface area contributed by atoms with E-state index in [0.717, 1.165) is 4.90 Å². The maximum absolute atomic E-state index is 13.1. The van der Waals surface area contributed by atoms with E-state index in [4.69, 9.17) is 19.3 Å². The predicted molar refractivity (Wildman–Crippen MR) is 120 cm³/mol. The van der Waals surface area contributed by atoms with Crippen molar-refractivity contribution in [2.45, 2.75) is 43.8 Å². The summed E-state index contributed by atoms with van der Waals surface area (Å²) in [5.74, 6) is -2.41. The van der Waals surface area contributed by atoms with Crippen LogP contribution in [-0.2, 0) is 25.7 Å². The minimum absolute atomic E-state index is 0.132. The highest BCUT2D eigenvalue weighted by atomic mass is 32.2. The van der Waals surface area contributed by atoms with E-state index >= 15 is 0 Å². The molecular weight excluding hydrogens is 496 g/mol. The number of nitrogens with zero attached hydrogens (tertiary/aromatic N) is 3. The minimum atomic E-state index is -1.48. The Hall–Kier alpha value is -3.52. The number of nitrogens with two attached hydrogens (primary N) is 1. The molecule has 36 heavy (non-hydrogen) atoms. The number of carboxylic acid groups (broad SMARTS) is 1. The van der Waals surface area contributed by atoms with Gasteiger partial charge in [-0.2, -0.15) is 0 Å². The molecule has 5 rings (SSSR count). The summed E-state index contributed by atoms with van der Waals surface area (Å²) >= 11 is 1.35. The molecule has 1 aromatic rings. The van der Waals surface area contributed by atoms with Crippen LogP contribution in [0, 0.1) is 6.92 Å². The highest BCUT2D eigenvalue weighted by molar-refractivity contribution is 8.00. The first-order valence-corrected chi connectivity index (χ1v) is 12.4. The summed E-state index contributed by atoms with van der Waals surface area (Å²) in [4.78, 5) is 64.9. The Balaban J connectivity index is 1.23. The Labute approximate surface area is 208 Å². The van der Waals surface area contributed by atoms with Crippen molar-refractivity contribution in [1.29, 1.82) is 0 Å². The summed E-state index contributed by atoms with van der Waals surface area (Å²) in [5, 5.41) is 11.3. The average Bonchev–Trinajstić information content (AvgIpc) is 3.55. The lowest BCUT2D eigenvalue weighted by Crippen LogP contribution is -2.69. The van der Waals surface area contributed by atoms with Crippen LogP contribution in [-0.4, -0.2) is 81.4 Å². The molecule has 0 bridgehead atoms. The summed E-state index contributed by atoms with van der Waals surface area (Å²) < 4.78 is 14.8. The van der Waals surface area contributed by atoms with Crippen LogP contribution in [0.3, 0.4) is 0 Å². The molecule has 192 valence electrons. The first-order valence-electron chi connectivity index (χ1n) is 11.3. The number of allylic oxidation sites excluding steroid dienone is 1. The third kappa shape index (κ3) is 4.09. The zero-order chi connectivity index (χ0) is 25.7. The number of aliphatic carboxylic acids is 1. The van der Waals surface area contributed by atoms with Crippen molar-refractivity contribution < 1.29 is 37.9 Å². The van der Waals surface area contributed by atoms with Crippen LogP contribution in [0.4, 0.5) is 4.79 Å². The first kappa shape index (κ1) is 24.2. The summed E-state index contributed by atoms with van der Waals surface area (Å²) in [5.41, 5.74) is 6.31. The van der Waals surface area contributed by atoms with Gasteiger partial charge in [0.1, 0.15) is 11.4 Å². The highest BCUT2D eigenvalue weighted by Crippen LogP contribution is 2.40. The Morgan fingerprint density at radius 1 is 1.25 bits per heavy atom. The van der Waals surface area contributed by atoms with Crippen molar-refractivity contribution >= 4 is 35.6 Å². The molecule has 13 nitrogen and oxygen atoms in total. The van der Waals surface area contributed by atoms with Crippen molar-refractivity contribution in [2.75, 3.05) is 25.4 Å². The molecule has 0 radical (unpaired) electrons. The van der Waals surface area contributed by atoms with Gasteiger partial charge in [-0.15, -0.1) is 11.8 Å². The van der Waals surface area contributed by atoms with Gasteiger partial charge in [0.05, 0.1) is 17.7 Å². The molecule has 3 fully saturated rings. The summed E-state index contributed by atoms with van der Waals surface area (Å²) in [7, 11) is 0. The number of aryl methyl sites for hydroxylation is 1. The molecule has 3 amide bonds. The van der Waals surface area contributed by atoms with E-state index in [-0.39, 0.29) is 42.3 Å². The fourth-order valence-electron chi connectivity index (χ4n) is 4.85.